The SMILES string of the molecule is Cc1c(C(=O)N(C)c2cccc(NC(=O)C(C)N3CCN(CC(=O)O)CCN(CC(=O)O)CCN(CC(=O)O)CC3)c2)c(C)c(C(=O)N(C)c2cccc(NC(=O)C(C)N3CCN(CC(=O)O)CCN(CC(=O)O)CCN(CC(=O)O)CC3)c2)c(C)c1C(=O)N(C)c1cccc(NC(=O)C(C)N2CCN(CC(=O)O)CCN(CC(=O)O)CCN(CC(=O)O)CC2)c1. The molecule has 0 aliphatic carbocycles. The Labute approximate surface area is 730 Å². The van der Waals surface area contributed by atoms with Gasteiger partial charge in [0.1, 0.15) is 0 Å². The Balaban J connectivity index is 1.23. The summed E-state index contributed by atoms with van der Waals surface area (Å²) in [7, 11) is 4.37. The molecule has 0 radical (unpaired) electrons. The molecule has 690 valence electrons. The van der Waals surface area contributed by atoms with E-state index < -0.39 is 107 Å². The first kappa shape index (κ1) is 102. The highest BCUT2D eigenvalue weighted by molar-refractivity contribution is 6.18. The van der Waals surface area contributed by atoms with Gasteiger partial charge in [-0.2, -0.15) is 0 Å². The first-order valence-electron chi connectivity index (χ1n) is 41.5. The number of carboxylic acids is 9. The summed E-state index contributed by atoms with van der Waals surface area (Å²) in [4.78, 5) is 223. The number of nitrogens with zero attached hydrogens (tertiary/aromatic N) is 15. The van der Waals surface area contributed by atoms with Gasteiger partial charge in [-0.05, 0) is 113 Å². The lowest BCUT2D eigenvalue weighted by Crippen LogP contribution is -2.51. The van der Waals surface area contributed by atoms with Crippen molar-refractivity contribution < 1.29 is 118 Å². The maximum Gasteiger partial charge on any atom is 0.317 e. The van der Waals surface area contributed by atoms with E-state index in [0.29, 0.717) is 0 Å². The summed E-state index contributed by atoms with van der Waals surface area (Å²) in [6.45, 7) is 9.52. The van der Waals surface area contributed by atoms with Crippen molar-refractivity contribution in [3.8, 4) is 0 Å². The molecule has 3 heterocycles. The minimum absolute atomic E-state index is 0.0819. The van der Waals surface area contributed by atoms with Crippen LogP contribution in [-0.4, -0.2) is 449 Å². The van der Waals surface area contributed by atoms with E-state index in [9.17, 15) is 103 Å². The summed E-state index contributed by atoms with van der Waals surface area (Å²) in [5, 5.41) is 96.9. The van der Waals surface area contributed by atoms with Gasteiger partial charge in [-0.15, -0.1) is 0 Å². The Bertz CT molecular complexity index is 4000. The van der Waals surface area contributed by atoms with Crippen LogP contribution in [0.25, 0.3) is 0 Å². The van der Waals surface area contributed by atoms with Gasteiger partial charge >= 0.3 is 53.7 Å². The van der Waals surface area contributed by atoms with Crippen LogP contribution in [0.2, 0.25) is 0 Å². The highest BCUT2D eigenvalue weighted by atomic mass is 16.4. The largest absolute Gasteiger partial charge is 0.480 e. The van der Waals surface area contributed by atoms with Crippen LogP contribution in [0.4, 0.5) is 34.1 Å². The molecule has 0 aromatic heterocycles. The van der Waals surface area contributed by atoms with Gasteiger partial charge in [-0.1, -0.05) is 18.2 Å². The summed E-state index contributed by atoms with van der Waals surface area (Å²) in [6, 6.07) is 16.1. The van der Waals surface area contributed by atoms with Gasteiger partial charge in [-0.25, -0.2) is 0 Å². The number of anilines is 6. The van der Waals surface area contributed by atoms with E-state index in [1.807, 2.05) is 0 Å². The zero-order valence-electron chi connectivity index (χ0n) is 72.9. The maximum atomic E-state index is 15.8. The lowest BCUT2D eigenvalue weighted by Gasteiger charge is -2.35. The average Bonchev–Trinajstić information content (AvgIpc) is 0.744. The van der Waals surface area contributed by atoms with Crippen molar-refractivity contribution in [1.29, 1.82) is 0 Å². The lowest BCUT2D eigenvalue weighted by atomic mass is 9.86. The molecule has 4 aromatic rings. The van der Waals surface area contributed by atoms with Crippen LogP contribution in [0.3, 0.4) is 0 Å². The maximum absolute atomic E-state index is 15.8. The molecule has 0 saturated carbocycles. The molecule has 3 fully saturated rings. The Morgan fingerprint density at radius 1 is 0.270 bits per heavy atom. The number of nitrogens with one attached hydrogen (secondary N) is 3. The van der Waals surface area contributed by atoms with Crippen LogP contribution in [0, 0.1) is 20.8 Å². The third kappa shape index (κ3) is 31.5. The number of carbonyl (C=O) groups excluding carboxylic acids is 6. The van der Waals surface area contributed by atoms with Crippen LogP contribution in [-0.2, 0) is 57.5 Å². The third-order valence-electron chi connectivity index (χ3n) is 22.9. The van der Waals surface area contributed by atoms with Crippen molar-refractivity contribution in [3.63, 3.8) is 0 Å². The van der Waals surface area contributed by atoms with Crippen molar-refractivity contribution >= 4 is 123 Å². The van der Waals surface area contributed by atoms with Crippen molar-refractivity contribution in [2.45, 2.75) is 59.7 Å². The van der Waals surface area contributed by atoms with E-state index >= 15 is 14.4 Å². The minimum Gasteiger partial charge on any atom is -0.480 e. The Kier molecular flexibility index (Phi) is 39.3. The molecule has 6 amide bonds. The fourth-order valence-electron chi connectivity index (χ4n) is 15.6. The molecule has 3 atom stereocenters. The van der Waals surface area contributed by atoms with E-state index in [2.05, 4.69) is 16.0 Å². The monoisotopic (exact) mass is 1760 g/mol. The number of carbonyl (C=O) groups is 15. The van der Waals surface area contributed by atoms with E-state index in [-0.39, 0.29) is 283 Å². The zero-order valence-corrected chi connectivity index (χ0v) is 72.9. The second-order valence-electron chi connectivity index (χ2n) is 31.9. The normalized spacial score (nSPS) is 17.7. The second kappa shape index (κ2) is 48.8. The summed E-state index contributed by atoms with van der Waals surface area (Å²) in [5.74, 6) is -13.9. The van der Waals surface area contributed by atoms with Gasteiger partial charge in [0.2, 0.25) is 17.7 Å². The summed E-state index contributed by atoms with van der Waals surface area (Å²) in [5.41, 5.74) is 1.50. The standard InChI is InChI=1S/C84H120N18O24/c1-55-76(82(124)88(7)64-16-10-13-61(43-64)85-79(121)58(4)100-37-31-94(49-70(109)110)25-19-91(46-67(103)104)20-26-95(32-38-100)50-71(111)112)56(2)78(84(126)90(9)66-18-12-15-63(45-66)87-81(123)60(6)102-41-35-98(53-74(117)118)29-23-93(48-69(107)108)24-30-99(36-42-102)54-75(119)120)57(3)77(55)83(125)89(8)65-17-11-14-62(44-65)86-80(122)59(5)101-39-33-96(51-72(113)114)27-21-92(47-68(105)106)22-28-97(34-40-101)52-73(115)116/h10-18,43-45,58-60H,19-42,46-54H2,1-9H3,(H,85,121)(H,86,122)(H,87,123)(H,103,104)(H,105,106)(H,107,108)(H,109,110)(H,111,112)(H,113,114)(H,115,116)(H,117,118)(H,119,120). The van der Waals surface area contributed by atoms with E-state index in [0.717, 1.165) is 0 Å². The van der Waals surface area contributed by atoms with Gasteiger partial charge in [-0.3, -0.25) is 131 Å². The van der Waals surface area contributed by atoms with Gasteiger partial charge in [0, 0.05) is 229 Å². The van der Waals surface area contributed by atoms with Crippen molar-refractivity contribution in [1.82, 2.24) is 58.8 Å². The molecule has 3 unspecified atom stereocenters. The predicted molar refractivity (Wildman–Crippen MR) is 464 cm³/mol. The van der Waals surface area contributed by atoms with Crippen molar-refractivity contribution in [3.05, 3.63) is 106 Å². The topological polar surface area (TPSA) is 523 Å². The number of carboxylic acid groups (broad SMARTS) is 9. The minimum atomic E-state index is -1.13. The lowest BCUT2D eigenvalue weighted by molar-refractivity contribution is -0.140. The molecule has 42 heteroatoms. The molecular weight excluding hydrogens is 1650 g/mol. The Morgan fingerprint density at radius 2 is 0.421 bits per heavy atom. The van der Waals surface area contributed by atoms with Gasteiger partial charge in [0.15, 0.2) is 0 Å². The van der Waals surface area contributed by atoms with E-state index in [4.69, 9.17) is 0 Å². The van der Waals surface area contributed by atoms with E-state index in [1.165, 1.54) is 54.0 Å². The average molecular weight is 1770 g/mol. The number of aliphatic carboxylic acids is 9. The smallest absolute Gasteiger partial charge is 0.317 e. The summed E-state index contributed by atoms with van der Waals surface area (Å²) < 4.78 is 0. The predicted octanol–water partition coefficient (Wildman–Crippen LogP) is -0.151. The summed E-state index contributed by atoms with van der Waals surface area (Å²) >= 11 is 0. The van der Waals surface area contributed by atoms with Crippen molar-refractivity contribution in [2.24, 2.45) is 0 Å². The molecule has 3 aliphatic rings. The Morgan fingerprint density at radius 3 is 0.571 bits per heavy atom. The molecule has 0 bridgehead atoms. The van der Waals surface area contributed by atoms with Gasteiger partial charge in [0.25, 0.3) is 17.7 Å². The van der Waals surface area contributed by atoms with E-state index in [1.54, 1.807) is 155 Å². The highest BCUT2D eigenvalue weighted by Crippen LogP contribution is 2.35. The highest BCUT2D eigenvalue weighted by Gasteiger charge is 2.36. The molecule has 3 aliphatic heterocycles. The molecule has 3 saturated heterocycles. The zero-order chi connectivity index (χ0) is 92.9. The van der Waals surface area contributed by atoms with Crippen LogP contribution < -0.4 is 30.7 Å². The van der Waals surface area contributed by atoms with Gasteiger partial charge in [0.05, 0.1) is 77.0 Å². The van der Waals surface area contributed by atoms with Crippen molar-refractivity contribution in [2.75, 3.05) is 268 Å². The third-order valence-corrected chi connectivity index (χ3v) is 22.9. The molecular formula is C84H120N18O24. The molecule has 126 heavy (non-hydrogen) atoms. The molecule has 0 spiro atoms. The fraction of sp³-hybridized carbons (Fsp3) is 0.536. The number of amides is 6. The second-order valence-corrected chi connectivity index (χ2v) is 31.9. The summed E-state index contributed by atoms with van der Waals surface area (Å²) in [6.07, 6.45) is 0. The quantitative estimate of drug-likeness (QED) is 0.0295. The van der Waals surface area contributed by atoms with Crippen LogP contribution in [0.1, 0.15) is 68.5 Å². The number of hydrogen-bond donors (Lipinski definition) is 12. The molecule has 7 rings (SSSR count). The fourth-order valence-corrected chi connectivity index (χ4v) is 15.6. The number of benzene rings is 4. The number of rotatable bonds is 33. The number of hydrogen-bond acceptors (Lipinski definition) is 27. The first-order valence-corrected chi connectivity index (χ1v) is 41.5. The van der Waals surface area contributed by atoms with Crippen LogP contribution in [0.5, 0.6) is 0 Å². The molecule has 4 aromatic carbocycles. The Hall–Kier alpha value is -11.5. The van der Waals surface area contributed by atoms with Gasteiger partial charge < -0.3 is 76.6 Å². The first-order chi connectivity index (χ1) is 59.5. The molecule has 42 nitrogen and oxygen atoms in total. The van der Waals surface area contributed by atoms with Crippen LogP contribution in [0.15, 0.2) is 72.8 Å². The van der Waals surface area contributed by atoms with Crippen LogP contribution >= 0.6 is 0 Å². The molecule has 12 N–H and O–H groups in total.